The van der Waals surface area contributed by atoms with Crippen molar-refractivity contribution < 1.29 is 24.9 Å². The summed E-state index contributed by atoms with van der Waals surface area (Å²) in [6, 6.07) is 11.9. The molecule has 26 heavy (non-hydrogen) atoms. The van der Waals surface area contributed by atoms with Gasteiger partial charge in [0, 0.05) is 6.04 Å². The summed E-state index contributed by atoms with van der Waals surface area (Å²) < 4.78 is 5.87. The maximum atomic E-state index is 10.5. The molecule has 0 aliphatic rings. The van der Waals surface area contributed by atoms with E-state index in [1.807, 2.05) is 19.1 Å². The Morgan fingerprint density at radius 1 is 1.23 bits per heavy atom. The summed E-state index contributed by atoms with van der Waals surface area (Å²) in [6.45, 7) is 2.18. The number of phenols is 1. The molecule has 0 radical (unpaired) electrons. The normalized spacial score (nSPS) is 13.2. The van der Waals surface area contributed by atoms with E-state index in [0.29, 0.717) is 16.8 Å². The van der Waals surface area contributed by atoms with Crippen molar-refractivity contribution in [2.45, 2.75) is 25.5 Å². The Balaban J connectivity index is 1.83. The number of hydrogen-bond donors (Lipinski definition) is 4. The van der Waals surface area contributed by atoms with Gasteiger partial charge in [-0.15, -0.1) is 0 Å². The number of carboxylic acids is 1. The Morgan fingerprint density at radius 2 is 1.92 bits per heavy atom. The van der Waals surface area contributed by atoms with E-state index >= 15 is 0 Å². The van der Waals surface area contributed by atoms with Gasteiger partial charge in [-0.1, -0.05) is 18.2 Å². The smallest absolute Gasteiger partial charge is 0.341 e. The summed E-state index contributed by atoms with van der Waals surface area (Å²) >= 11 is 3.38. The van der Waals surface area contributed by atoms with E-state index in [2.05, 4.69) is 21.2 Å². The third kappa shape index (κ3) is 6.01. The predicted molar refractivity (Wildman–Crippen MR) is 102 cm³/mol. The van der Waals surface area contributed by atoms with Crippen LogP contribution in [0.2, 0.25) is 0 Å². The molecule has 6 nitrogen and oxygen atoms in total. The van der Waals surface area contributed by atoms with Gasteiger partial charge in [-0.3, -0.25) is 0 Å². The van der Waals surface area contributed by atoms with Crippen molar-refractivity contribution in [1.82, 2.24) is 5.32 Å². The number of aliphatic hydroxyl groups excluding tert-OH is 1. The Morgan fingerprint density at radius 3 is 2.54 bits per heavy atom. The summed E-state index contributed by atoms with van der Waals surface area (Å²) in [4.78, 5) is 10.5. The molecule has 2 atom stereocenters. The Kier molecular flexibility index (Phi) is 7.44. The SMILES string of the molecule is C[C@H](NCCc1ccc(OCC(=O)O)c(Br)c1)[C@@H](O)c1ccc(O)cc1. The molecule has 0 saturated heterocycles. The van der Waals surface area contributed by atoms with Gasteiger partial charge in [0.1, 0.15) is 11.5 Å². The Hall–Kier alpha value is -2.09. The summed E-state index contributed by atoms with van der Waals surface area (Å²) in [5, 5.41) is 31.6. The predicted octanol–water partition coefficient (Wildman–Crippen LogP) is 2.87. The maximum absolute atomic E-state index is 10.5. The van der Waals surface area contributed by atoms with Gasteiger partial charge in [-0.25, -0.2) is 4.79 Å². The van der Waals surface area contributed by atoms with Crippen molar-refractivity contribution >= 4 is 21.9 Å². The molecule has 0 aliphatic carbocycles. The minimum atomic E-state index is -1.02. The molecule has 0 aliphatic heterocycles. The molecule has 0 spiro atoms. The molecular weight excluding hydrogens is 402 g/mol. The number of ether oxygens (including phenoxy) is 1. The molecule has 2 aromatic rings. The zero-order valence-electron chi connectivity index (χ0n) is 14.4. The van der Waals surface area contributed by atoms with Crippen LogP contribution < -0.4 is 10.1 Å². The lowest BCUT2D eigenvalue weighted by Crippen LogP contribution is -2.33. The van der Waals surface area contributed by atoms with E-state index < -0.39 is 12.1 Å². The number of aliphatic hydroxyl groups is 1. The van der Waals surface area contributed by atoms with Crippen molar-refractivity contribution in [3.63, 3.8) is 0 Å². The number of rotatable bonds is 9. The lowest BCUT2D eigenvalue weighted by atomic mass is 10.0. The number of benzene rings is 2. The standard InChI is InChI=1S/C19H22BrNO5/c1-12(19(25)14-3-5-15(22)6-4-14)21-9-8-13-2-7-17(16(20)10-13)26-11-18(23)24/h2-7,10,12,19,21-22,25H,8-9,11H2,1H3,(H,23,24)/t12-,19+/m0/s1. The molecule has 0 heterocycles. The summed E-state index contributed by atoms with van der Waals surface area (Å²) in [7, 11) is 0. The van der Waals surface area contributed by atoms with Crippen molar-refractivity contribution in [2.75, 3.05) is 13.2 Å². The zero-order chi connectivity index (χ0) is 19.1. The second-order valence-electron chi connectivity index (χ2n) is 5.98. The Labute approximate surface area is 160 Å². The second-order valence-corrected chi connectivity index (χ2v) is 6.83. The number of aliphatic carboxylic acids is 1. The first kappa shape index (κ1) is 20.2. The summed E-state index contributed by atoms with van der Waals surface area (Å²) in [5.74, 6) is -0.366. The van der Waals surface area contributed by atoms with Crippen LogP contribution in [0.3, 0.4) is 0 Å². The molecule has 7 heteroatoms. The molecule has 0 amide bonds. The van der Waals surface area contributed by atoms with E-state index in [4.69, 9.17) is 9.84 Å². The summed E-state index contributed by atoms with van der Waals surface area (Å²) in [6.07, 6.45) is 0.0684. The number of carbonyl (C=O) groups is 1. The van der Waals surface area contributed by atoms with Gasteiger partial charge >= 0.3 is 5.97 Å². The highest BCUT2D eigenvalue weighted by atomic mass is 79.9. The highest BCUT2D eigenvalue weighted by Crippen LogP contribution is 2.26. The second kappa shape index (κ2) is 9.56. The summed E-state index contributed by atoms with van der Waals surface area (Å²) in [5.41, 5.74) is 1.80. The van der Waals surface area contributed by atoms with Gasteiger partial charge in [0.15, 0.2) is 6.61 Å². The van der Waals surface area contributed by atoms with E-state index in [1.165, 1.54) is 0 Å². The molecule has 140 valence electrons. The third-order valence-corrected chi connectivity index (χ3v) is 4.56. The van der Waals surface area contributed by atoms with Crippen LogP contribution in [0.5, 0.6) is 11.5 Å². The first-order valence-corrected chi connectivity index (χ1v) is 8.99. The molecule has 2 aromatic carbocycles. The average molecular weight is 424 g/mol. The van der Waals surface area contributed by atoms with Gasteiger partial charge in [-0.05, 0) is 71.2 Å². The molecule has 0 bridgehead atoms. The number of hydrogen-bond acceptors (Lipinski definition) is 5. The van der Waals surface area contributed by atoms with E-state index in [-0.39, 0.29) is 18.4 Å². The number of carboxylic acid groups (broad SMARTS) is 1. The molecule has 0 unspecified atom stereocenters. The lowest BCUT2D eigenvalue weighted by Gasteiger charge is -2.21. The molecule has 0 fully saturated rings. The van der Waals surface area contributed by atoms with Crippen LogP contribution in [0.25, 0.3) is 0 Å². The highest BCUT2D eigenvalue weighted by molar-refractivity contribution is 9.10. The average Bonchev–Trinajstić information content (AvgIpc) is 2.60. The fourth-order valence-electron chi connectivity index (χ4n) is 2.47. The van der Waals surface area contributed by atoms with Crippen LogP contribution >= 0.6 is 15.9 Å². The number of aromatic hydroxyl groups is 1. The maximum Gasteiger partial charge on any atom is 0.341 e. The molecule has 0 aromatic heterocycles. The topological polar surface area (TPSA) is 99.0 Å². The fourth-order valence-corrected chi connectivity index (χ4v) is 3.01. The highest BCUT2D eigenvalue weighted by Gasteiger charge is 2.15. The minimum Gasteiger partial charge on any atom is -0.508 e. The molecule has 0 saturated carbocycles. The quantitative estimate of drug-likeness (QED) is 0.494. The molecule has 4 N–H and O–H groups in total. The van der Waals surface area contributed by atoms with Gasteiger partial charge < -0.3 is 25.4 Å². The van der Waals surface area contributed by atoms with Crippen LogP contribution in [0.15, 0.2) is 46.9 Å². The molecule has 2 rings (SSSR count). The van der Waals surface area contributed by atoms with Gasteiger partial charge in [0.05, 0.1) is 10.6 Å². The third-order valence-electron chi connectivity index (χ3n) is 3.94. The first-order valence-electron chi connectivity index (χ1n) is 8.20. The first-order chi connectivity index (χ1) is 12.4. The van der Waals surface area contributed by atoms with Crippen LogP contribution in [-0.2, 0) is 11.2 Å². The van der Waals surface area contributed by atoms with Gasteiger partial charge in [0.2, 0.25) is 0 Å². The van der Waals surface area contributed by atoms with E-state index in [9.17, 15) is 15.0 Å². The van der Waals surface area contributed by atoms with Crippen molar-refractivity contribution in [3.05, 3.63) is 58.1 Å². The number of phenolic OH excluding ortho intramolecular Hbond substituents is 1. The van der Waals surface area contributed by atoms with E-state index in [1.54, 1.807) is 30.3 Å². The van der Waals surface area contributed by atoms with Crippen LogP contribution in [0, 0.1) is 0 Å². The largest absolute Gasteiger partial charge is 0.508 e. The van der Waals surface area contributed by atoms with Crippen LogP contribution in [-0.4, -0.2) is 40.5 Å². The van der Waals surface area contributed by atoms with Crippen LogP contribution in [0.4, 0.5) is 0 Å². The van der Waals surface area contributed by atoms with Crippen molar-refractivity contribution in [3.8, 4) is 11.5 Å². The van der Waals surface area contributed by atoms with Crippen molar-refractivity contribution in [2.24, 2.45) is 0 Å². The number of halogens is 1. The van der Waals surface area contributed by atoms with Crippen LogP contribution in [0.1, 0.15) is 24.2 Å². The zero-order valence-corrected chi connectivity index (χ0v) is 15.9. The van der Waals surface area contributed by atoms with Gasteiger partial charge in [-0.2, -0.15) is 0 Å². The Bertz CT molecular complexity index is 735. The minimum absolute atomic E-state index is 0.152. The fraction of sp³-hybridized carbons (Fsp3) is 0.316. The monoisotopic (exact) mass is 423 g/mol. The molecular formula is C19H22BrNO5. The van der Waals surface area contributed by atoms with Crippen molar-refractivity contribution in [1.29, 1.82) is 0 Å². The van der Waals surface area contributed by atoms with Gasteiger partial charge in [0.25, 0.3) is 0 Å². The van der Waals surface area contributed by atoms with E-state index in [0.717, 1.165) is 17.5 Å². The lowest BCUT2D eigenvalue weighted by molar-refractivity contribution is -0.139. The number of nitrogens with one attached hydrogen (secondary N) is 1.